The van der Waals surface area contributed by atoms with E-state index in [1.54, 1.807) is 13.8 Å². The van der Waals surface area contributed by atoms with Gasteiger partial charge in [-0.1, -0.05) is 23.7 Å². The van der Waals surface area contributed by atoms with Crippen LogP contribution in [0.5, 0.6) is 0 Å². The lowest BCUT2D eigenvalue weighted by molar-refractivity contribution is -0.384. The maximum Gasteiger partial charge on any atom is 0.338 e. The van der Waals surface area contributed by atoms with Crippen LogP contribution in [0.15, 0.2) is 42.1 Å². The number of urea groups is 1. The summed E-state index contributed by atoms with van der Waals surface area (Å²) in [5, 5.41) is 13.8. The Balaban J connectivity index is 2.60. The molecule has 1 aromatic rings. The van der Waals surface area contributed by atoms with Crippen LogP contribution in [-0.4, -0.2) is 35.0 Å². The largest absolute Gasteiger partial charge is 0.463 e. The van der Waals surface area contributed by atoms with Gasteiger partial charge in [0.25, 0.3) is 5.69 Å². The van der Waals surface area contributed by atoms with Crippen LogP contribution in [-0.2, 0) is 9.53 Å². The molecule has 8 nitrogen and oxygen atoms in total. The smallest absolute Gasteiger partial charge is 0.338 e. The summed E-state index contributed by atoms with van der Waals surface area (Å²) in [5.41, 5.74) is 0.641. The quantitative estimate of drug-likeness (QED) is 0.353. The Bertz CT molecular complexity index is 806. The first-order valence-electron chi connectivity index (χ1n) is 7.82. The number of nitrogens with one attached hydrogen (secondary N) is 1. The van der Waals surface area contributed by atoms with Crippen LogP contribution in [0.2, 0.25) is 5.02 Å². The molecule has 0 spiro atoms. The van der Waals surface area contributed by atoms with Crippen molar-refractivity contribution < 1.29 is 19.2 Å². The van der Waals surface area contributed by atoms with Crippen molar-refractivity contribution in [1.82, 2.24) is 10.2 Å². The third-order valence-electron chi connectivity index (χ3n) is 3.90. The van der Waals surface area contributed by atoms with Gasteiger partial charge in [-0.05, 0) is 25.5 Å². The van der Waals surface area contributed by atoms with Crippen molar-refractivity contribution in [2.45, 2.75) is 19.9 Å². The van der Waals surface area contributed by atoms with Crippen molar-refractivity contribution >= 4 is 29.3 Å². The van der Waals surface area contributed by atoms with Gasteiger partial charge in [0.2, 0.25) is 0 Å². The summed E-state index contributed by atoms with van der Waals surface area (Å²) in [6.07, 6.45) is 1.53. The van der Waals surface area contributed by atoms with Crippen molar-refractivity contribution in [3.05, 3.63) is 62.8 Å². The summed E-state index contributed by atoms with van der Waals surface area (Å²) in [6, 6.07) is 2.78. The second kappa shape index (κ2) is 8.01. The van der Waals surface area contributed by atoms with E-state index in [2.05, 4.69) is 11.9 Å². The van der Waals surface area contributed by atoms with Crippen LogP contribution >= 0.6 is 11.6 Å². The average molecular weight is 380 g/mol. The number of allylic oxidation sites excluding steroid dienone is 1. The Hall–Kier alpha value is -2.87. The second-order valence-electron chi connectivity index (χ2n) is 5.47. The highest BCUT2D eigenvalue weighted by atomic mass is 35.5. The van der Waals surface area contributed by atoms with Gasteiger partial charge in [0, 0.05) is 18.3 Å². The van der Waals surface area contributed by atoms with Crippen LogP contribution in [0.1, 0.15) is 25.5 Å². The van der Waals surface area contributed by atoms with Gasteiger partial charge in [0.05, 0.1) is 23.1 Å². The predicted octanol–water partition coefficient (Wildman–Crippen LogP) is 3.34. The molecule has 1 aromatic carbocycles. The van der Waals surface area contributed by atoms with Gasteiger partial charge >= 0.3 is 12.0 Å². The number of amides is 2. The molecule has 0 saturated carbocycles. The summed E-state index contributed by atoms with van der Waals surface area (Å²) in [4.78, 5) is 36.8. The van der Waals surface area contributed by atoms with Crippen molar-refractivity contribution in [2.24, 2.45) is 0 Å². The molecule has 0 fully saturated rings. The minimum Gasteiger partial charge on any atom is -0.463 e. The minimum atomic E-state index is -0.890. The first-order valence-corrected chi connectivity index (χ1v) is 8.20. The lowest BCUT2D eigenvalue weighted by atomic mass is 9.94. The zero-order valence-electron chi connectivity index (χ0n) is 14.3. The Morgan fingerprint density at radius 2 is 2.23 bits per heavy atom. The number of carbonyl (C=O) groups excluding carboxylic acids is 2. The number of benzene rings is 1. The first-order chi connectivity index (χ1) is 12.3. The molecule has 0 aromatic heterocycles. The molecule has 138 valence electrons. The maximum absolute atomic E-state index is 12.5. The molecular weight excluding hydrogens is 362 g/mol. The SMILES string of the molecule is C=CCN1C(=O)N[C@@H](c2ccc(Cl)c([N+](=O)[O-])c2)C(C(=O)OCC)=C1C. The lowest BCUT2D eigenvalue weighted by Gasteiger charge is -2.34. The molecule has 2 rings (SSSR count). The van der Waals surface area contributed by atoms with Gasteiger partial charge in [-0.2, -0.15) is 0 Å². The Morgan fingerprint density at radius 1 is 1.54 bits per heavy atom. The van der Waals surface area contributed by atoms with Gasteiger partial charge in [-0.25, -0.2) is 9.59 Å². The number of ether oxygens (including phenoxy) is 1. The number of esters is 1. The second-order valence-corrected chi connectivity index (χ2v) is 5.88. The molecule has 1 heterocycles. The van der Waals surface area contributed by atoms with E-state index in [9.17, 15) is 19.7 Å². The monoisotopic (exact) mass is 379 g/mol. The molecule has 0 radical (unpaired) electrons. The topological polar surface area (TPSA) is 102 Å². The Morgan fingerprint density at radius 3 is 2.81 bits per heavy atom. The molecule has 2 amide bonds. The number of halogens is 1. The Kier molecular flexibility index (Phi) is 5.99. The third-order valence-corrected chi connectivity index (χ3v) is 4.22. The molecule has 0 aliphatic carbocycles. The fraction of sp³-hybridized carbons (Fsp3) is 0.294. The van der Waals surface area contributed by atoms with Gasteiger partial charge in [0.1, 0.15) is 5.02 Å². The van der Waals surface area contributed by atoms with Crippen LogP contribution in [0.4, 0.5) is 10.5 Å². The number of hydrogen-bond acceptors (Lipinski definition) is 5. The van der Waals surface area contributed by atoms with E-state index in [1.165, 1.54) is 29.2 Å². The summed E-state index contributed by atoms with van der Waals surface area (Å²) in [7, 11) is 0. The summed E-state index contributed by atoms with van der Waals surface area (Å²) in [6.45, 7) is 7.23. The van der Waals surface area contributed by atoms with Crippen LogP contribution in [0.25, 0.3) is 0 Å². The average Bonchev–Trinajstić information content (AvgIpc) is 2.58. The molecule has 0 bridgehead atoms. The number of nitrogens with zero attached hydrogens (tertiary/aromatic N) is 2. The molecule has 26 heavy (non-hydrogen) atoms. The van der Waals surface area contributed by atoms with E-state index in [4.69, 9.17) is 16.3 Å². The van der Waals surface area contributed by atoms with E-state index in [-0.39, 0.29) is 29.4 Å². The standard InChI is InChI=1S/C17H18ClN3O5/c1-4-8-20-10(3)14(16(22)26-5-2)15(19-17(20)23)11-6-7-12(18)13(9-11)21(24)25/h4,6-7,9,15H,1,5,8H2,2-3H3,(H,19,23)/t15-/m0/s1. The zero-order chi connectivity index (χ0) is 19.4. The molecule has 0 unspecified atom stereocenters. The molecule has 1 N–H and O–H groups in total. The van der Waals surface area contributed by atoms with Crippen molar-refractivity contribution in [2.75, 3.05) is 13.2 Å². The van der Waals surface area contributed by atoms with Crippen LogP contribution < -0.4 is 5.32 Å². The fourth-order valence-electron chi connectivity index (χ4n) is 2.70. The summed E-state index contributed by atoms with van der Waals surface area (Å²) in [5.74, 6) is -0.610. The molecule has 1 aliphatic heterocycles. The van der Waals surface area contributed by atoms with Gasteiger partial charge in [-0.15, -0.1) is 6.58 Å². The molecule has 1 atom stereocenters. The highest BCUT2D eigenvalue weighted by Crippen LogP contribution is 2.35. The number of carbonyl (C=O) groups is 2. The van der Waals surface area contributed by atoms with E-state index >= 15 is 0 Å². The predicted molar refractivity (Wildman–Crippen MR) is 95.6 cm³/mol. The Labute approximate surface area is 155 Å². The molecular formula is C17H18ClN3O5. The van der Waals surface area contributed by atoms with E-state index < -0.39 is 23.0 Å². The number of nitro groups is 1. The fourth-order valence-corrected chi connectivity index (χ4v) is 2.89. The zero-order valence-corrected chi connectivity index (χ0v) is 15.1. The van der Waals surface area contributed by atoms with Gasteiger partial charge < -0.3 is 10.1 Å². The molecule has 0 saturated heterocycles. The first kappa shape index (κ1) is 19.5. The molecule has 9 heteroatoms. The number of hydrogen-bond donors (Lipinski definition) is 1. The maximum atomic E-state index is 12.5. The van der Waals surface area contributed by atoms with Crippen LogP contribution in [0, 0.1) is 10.1 Å². The summed E-state index contributed by atoms with van der Waals surface area (Å²) >= 11 is 5.85. The van der Waals surface area contributed by atoms with Crippen molar-refractivity contribution in [1.29, 1.82) is 0 Å². The molecule has 1 aliphatic rings. The third kappa shape index (κ3) is 3.70. The van der Waals surface area contributed by atoms with Crippen molar-refractivity contribution in [3.8, 4) is 0 Å². The highest BCUT2D eigenvalue weighted by molar-refractivity contribution is 6.32. The highest BCUT2D eigenvalue weighted by Gasteiger charge is 2.36. The van der Waals surface area contributed by atoms with Gasteiger partial charge in [0.15, 0.2) is 0 Å². The van der Waals surface area contributed by atoms with Gasteiger partial charge in [-0.3, -0.25) is 15.0 Å². The van der Waals surface area contributed by atoms with E-state index in [1.807, 2.05) is 0 Å². The number of rotatable bonds is 6. The normalized spacial score (nSPS) is 17.0. The van der Waals surface area contributed by atoms with E-state index in [0.717, 1.165) is 0 Å². The van der Waals surface area contributed by atoms with Crippen molar-refractivity contribution in [3.63, 3.8) is 0 Å². The van der Waals surface area contributed by atoms with E-state index in [0.29, 0.717) is 11.3 Å². The number of nitro benzene ring substituents is 1. The van der Waals surface area contributed by atoms with Crippen LogP contribution in [0.3, 0.4) is 0 Å². The minimum absolute atomic E-state index is 0.0347. The summed E-state index contributed by atoms with van der Waals surface area (Å²) < 4.78 is 5.11. The lowest BCUT2D eigenvalue weighted by Crippen LogP contribution is -2.48.